The molecule has 0 aliphatic carbocycles. The van der Waals surface area contributed by atoms with Gasteiger partial charge in [-0.3, -0.25) is 0 Å². The van der Waals surface area contributed by atoms with Crippen molar-refractivity contribution in [2.24, 2.45) is 0 Å². The molecule has 72 valence electrons. The third-order valence-corrected chi connectivity index (χ3v) is 3.00. The van der Waals surface area contributed by atoms with Crippen molar-refractivity contribution in [3.63, 3.8) is 0 Å². The fraction of sp³-hybridized carbons (Fsp3) is 0. The van der Waals surface area contributed by atoms with E-state index in [1.54, 1.807) is 0 Å². The Labute approximate surface area is 92.2 Å². The van der Waals surface area contributed by atoms with E-state index < -0.39 is 5.97 Å². The summed E-state index contributed by atoms with van der Waals surface area (Å²) < 4.78 is 2.07. The number of carboxylic acid groups (broad SMARTS) is 1. The Morgan fingerprint density at radius 3 is 3.00 bits per heavy atom. The average Bonchev–Trinajstić information content (AvgIpc) is 2.56. The number of nitrogens with zero attached hydrogens (tertiary/aromatic N) is 2. The summed E-state index contributed by atoms with van der Waals surface area (Å²) in [6.07, 6.45) is 2.93. The highest BCUT2D eigenvalue weighted by Crippen LogP contribution is 2.26. The maximum Gasteiger partial charge on any atom is 0.337 e. The second-order valence-corrected chi connectivity index (χ2v) is 3.90. The van der Waals surface area contributed by atoms with Crippen LogP contribution >= 0.6 is 27.5 Å². The summed E-state index contributed by atoms with van der Waals surface area (Å²) in [6, 6.07) is 1.47. The van der Waals surface area contributed by atoms with E-state index in [0.717, 1.165) is 0 Å². The summed E-state index contributed by atoms with van der Waals surface area (Å²) in [5, 5.41) is 13.2. The maximum absolute atomic E-state index is 10.7. The second-order valence-electron chi connectivity index (χ2n) is 2.67. The normalized spacial score (nSPS) is 10.7. The van der Waals surface area contributed by atoms with Gasteiger partial charge in [-0.25, -0.2) is 9.31 Å². The van der Waals surface area contributed by atoms with Gasteiger partial charge >= 0.3 is 5.97 Å². The van der Waals surface area contributed by atoms with Crippen molar-refractivity contribution >= 4 is 39.0 Å². The van der Waals surface area contributed by atoms with Crippen LogP contribution in [-0.2, 0) is 0 Å². The van der Waals surface area contributed by atoms with Crippen molar-refractivity contribution < 1.29 is 9.90 Å². The van der Waals surface area contributed by atoms with Gasteiger partial charge in [0.05, 0.1) is 26.8 Å². The molecule has 0 saturated heterocycles. The number of aromatic carboxylic acids is 1. The molecular weight excluding hydrogens is 271 g/mol. The number of hydrogen-bond acceptors (Lipinski definition) is 2. The lowest BCUT2D eigenvalue weighted by molar-refractivity contribution is 0.0697. The Kier molecular flexibility index (Phi) is 2.20. The van der Waals surface area contributed by atoms with E-state index in [-0.39, 0.29) is 5.56 Å². The first-order valence-corrected chi connectivity index (χ1v) is 4.82. The molecule has 0 saturated carbocycles. The first-order valence-electron chi connectivity index (χ1n) is 3.65. The SMILES string of the molecule is O=C(O)c1cc2c(Cl)c(Br)cnn2c1. The van der Waals surface area contributed by atoms with E-state index in [1.165, 1.54) is 23.0 Å². The van der Waals surface area contributed by atoms with E-state index in [4.69, 9.17) is 16.7 Å². The average molecular weight is 275 g/mol. The summed E-state index contributed by atoms with van der Waals surface area (Å²) in [4.78, 5) is 10.7. The molecule has 2 aromatic rings. The molecule has 0 aliphatic heterocycles. The fourth-order valence-electron chi connectivity index (χ4n) is 1.12. The van der Waals surface area contributed by atoms with Gasteiger partial charge in [0, 0.05) is 6.20 Å². The highest BCUT2D eigenvalue weighted by molar-refractivity contribution is 9.10. The topological polar surface area (TPSA) is 54.6 Å². The molecule has 6 heteroatoms. The van der Waals surface area contributed by atoms with Crippen LogP contribution in [0.15, 0.2) is 22.9 Å². The Morgan fingerprint density at radius 1 is 1.64 bits per heavy atom. The summed E-state index contributed by atoms with van der Waals surface area (Å²) in [5.41, 5.74) is 0.732. The zero-order chi connectivity index (χ0) is 10.3. The van der Waals surface area contributed by atoms with Crippen molar-refractivity contribution in [3.8, 4) is 0 Å². The van der Waals surface area contributed by atoms with Gasteiger partial charge < -0.3 is 5.11 Å². The van der Waals surface area contributed by atoms with Gasteiger partial charge in [-0.2, -0.15) is 5.10 Å². The van der Waals surface area contributed by atoms with Gasteiger partial charge in [0.2, 0.25) is 0 Å². The monoisotopic (exact) mass is 274 g/mol. The van der Waals surface area contributed by atoms with E-state index >= 15 is 0 Å². The molecule has 0 spiro atoms. The lowest BCUT2D eigenvalue weighted by Gasteiger charge is -1.97. The molecule has 0 fully saturated rings. The van der Waals surface area contributed by atoms with Crippen molar-refractivity contribution in [2.45, 2.75) is 0 Å². The Balaban J connectivity index is 2.77. The fourth-order valence-corrected chi connectivity index (χ4v) is 1.60. The van der Waals surface area contributed by atoms with Gasteiger partial charge in [-0.15, -0.1) is 0 Å². The van der Waals surface area contributed by atoms with Gasteiger partial charge in [0.1, 0.15) is 0 Å². The van der Waals surface area contributed by atoms with E-state index in [1.807, 2.05) is 0 Å². The molecule has 4 nitrogen and oxygen atoms in total. The molecule has 0 aromatic carbocycles. The molecular formula is C8H4BrClN2O2. The summed E-state index contributed by atoms with van der Waals surface area (Å²) in [6.45, 7) is 0. The predicted molar refractivity (Wildman–Crippen MR) is 54.9 cm³/mol. The lowest BCUT2D eigenvalue weighted by atomic mass is 10.3. The Bertz CT molecular complexity index is 523. The van der Waals surface area contributed by atoms with Crippen LogP contribution in [-0.4, -0.2) is 20.7 Å². The molecule has 2 heterocycles. The third kappa shape index (κ3) is 1.38. The Morgan fingerprint density at radius 2 is 2.36 bits per heavy atom. The first kappa shape index (κ1) is 9.48. The van der Waals surface area contributed by atoms with Crippen molar-refractivity contribution in [2.75, 3.05) is 0 Å². The highest BCUT2D eigenvalue weighted by atomic mass is 79.9. The maximum atomic E-state index is 10.7. The van der Waals surface area contributed by atoms with Crippen LogP contribution < -0.4 is 0 Å². The second kappa shape index (κ2) is 3.25. The minimum Gasteiger partial charge on any atom is -0.478 e. The number of carboxylic acids is 1. The molecule has 2 rings (SSSR count). The zero-order valence-electron chi connectivity index (χ0n) is 6.74. The third-order valence-electron chi connectivity index (χ3n) is 1.78. The molecule has 2 aromatic heterocycles. The van der Waals surface area contributed by atoms with Crippen molar-refractivity contribution in [1.82, 2.24) is 9.61 Å². The predicted octanol–water partition coefficient (Wildman–Crippen LogP) is 2.45. The largest absolute Gasteiger partial charge is 0.478 e. The quantitative estimate of drug-likeness (QED) is 0.870. The number of hydrogen-bond donors (Lipinski definition) is 1. The van der Waals surface area contributed by atoms with Crippen LogP contribution in [0.5, 0.6) is 0 Å². The van der Waals surface area contributed by atoms with E-state index in [0.29, 0.717) is 15.0 Å². The standard InChI is InChI=1S/C8H4BrClN2O2/c9-5-2-11-12-3-4(8(13)14)1-6(12)7(5)10/h1-3H,(H,13,14). The molecule has 0 amide bonds. The van der Waals surface area contributed by atoms with Gasteiger partial charge in [-0.05, 0) is 22.0 Å². The van der Waals surface area contributed by atoms with Gasteiger partial charge in [0.25, 0.3) is 0 Å². The summed E-state index contributed by atoms with van der Waals surface area (Å²) >= 11 is 9.15. The number of fused-ring (bicyclic) bond motifs is 1. The first-order chi connectivity index (χ1) is 6.59. The molecule has 1 N–H and O–H groups in total. The lowest BCUT2D eigenvalue weighted by Crippen LogP contribution is -1.93. The van der Waals surface area contributed by atoms with E-state index in [2.05, 4.69) is 21.0 Å². The van der Waals surface area contributed by atoms with Gasteiger partial charge in [0.15, 0.2) is 0 Å². The Hall–Kier alpha value is -1.07. The van der Waals surface area contributed by atoms with Crippen molar-refractivity contribution in [1.29, 1.82) is 0 Å². The zero-order valence-corrected chi connectivity index (χ0v) is 9.08. The van der Waals surface area contributed by atoms with E-state index in [9.17, 15) is 4.79 Å². The number of carbonyl (C=O) groups is 1. The molecule has 0 bridgehead atoms. The number of halogens is 2. The minimum absolute atomic E-state index is 0.164. The molecule has 0 atom stereocenters. The van der Waals surface area contributed by atoms with Crippen LogP contribution in [0, 0.1) is 0 Å². The summed E-state index contributed by atoms with van der Waals surface area (Å²) in [5.74, 6) is -0.998. The van der Waals surface area contributed by atoms with Crippen LogP contribution in [0.25, 0.3) is 5.52 Å². The van der Waals surface area contributed by atoms with Gasteiger partial charge in [-0.1, -0.05) is 11.6 Å². The van der Waals surface area contributed by atoms with Crippen LogP contribution in [0.4, 0.5) is 0 Å². The van der Waals surface area contributed by atoms with Crippen molar-refractivity contribution in [3.05, 3.63) is 33.5 Å². The van der Waals surface area contributed by atoms with Crippen LogP contribution in [0.3, 0.4) is 0 Å². The molecule has 14 heavy (non-hydrogen) atoms. The summed E-state index contributed by atoms with van der Waals surface area (Å²) in [7, 11) is 0. The smallest absolute Gasteiger partial charge is 0.337 e. The molecule has 0 radical (unpaired) electrons. The molecule has 0 aliphatic rings. The van der Waals surface area contributed by atoms with Crippen LogP contribution in [0.1, 0.15) is 10.4 Å². The number of rotatable bonds is 1. The molecule has 0 unspecified atom stereocenters. The number of aromatic nitrogens is 2. The minimum atomic E-state index is -0.998. The highest BCUT2D eigenvalue weighted by Gasteiger charge is 2.11. The van der Waals surface area contributed by atoms with Crippen LogP contribution in [0.2, 0.25) is 5.02 Å².